The summed E-state index contributed by atoms with van der Waals surface area (Å²) in [5.41, 5.74) is 5.28. The monoisotopic (exact) mass is 488 g/mol. The number of benzene rings is 3. The lowest BCUT2D eigenvalue weighted by molar-refractivity contribution is -0.141. The van der Waals surface area contributed by atoms with Crippen molar-refractivity contribution in [3.63, 3.8) is 0 Å². The number of nitrogens with one attached hydrogen (secondary N) is 1. The Kier molecular flexibility index (Phi) is 6.46. The van der Waals surface area contributed by atoms with Crippen LogP contribution in [0.3, 0.4) is 0 Å². The van der Waals surface area contributed by atoms with E-state index in [0.29, 0.717) is 29.3 Å². The summed E-state index contributed by atoms with van der Waals surface area (Å²) in [6.45, 7) is 0.550. The van der Waals surface area contributed by atoms with Gasteiger partial charge in [0, 0.05) is 35.2 Å². The Hall–Kier alpha value is -3.78. The lowest BCUT2D eigenvalue weighted by Crippen LogP contribution is -2.50. The normalized spacial score (nSPS) is 16.8. The number of ether oxygens (including phenoxy) is 1. The molecular formula is C27H24N2O5S. The van der Waals surface area contributed by atoms with E-state index in [9.17, 15) is 19.5 Å². The summed E-state index contributed by atoms with van der Waals surface area (Å²) in [4.78, 5) is 38.6. The summed E-state index contributed by atoms with van der Waals surface area (Å²) in [5, 5.41) is 12.2. The van der Waals surface area contributed by atoms with Crippen LogP contribution in [0.4, 0.5) is 10.5 Å². The number of carboxylic acids is 1. The number of nitrogens with zero attached hydrogens (tertiary/aromatic N) is 1. The predicted molar refractivity (Wildman–Crippen MR) is 135 cm³/mol. The van der Waals surface area contributed by atoms with E-state index in [1.807, 2.05) is 24.3 Å². The van der Waals surface area contributed by atoms with E-state index < -0.39 is 18.1 Å². The van der Waals surface area contributed by atoms with Crippen molar-refractivity contribution in [2.75, 3.05) is 30.0 Å². The molecule has 2 amide bonds. The maximum Gasteiger partial charge on any atom is 0.411 e. The van der Waals surface area contributed by atoms with Gasteiger partial charge >= 0.3 is 12.1 Å². The van der Waals surface area contributed by atoms with Gasteiger partial charge in [-0.05, 0) is 40.5 Å². The molecule has 1 aliphatic heterocycles. The number of thioether (sulfide) groups is 1. The fraction of sp³-hybridized carbons (Fsp3) is 0.222. The Morgan fingerprint density at radius 2 is 1.66 bits per heavy atom. The van der Waals surface area contributed by atoms with Crippen molar-refractivity contribution >= 4 is 35.4 Å². The molecule has 1 atom stereocenters. The van der Waals surface area contributed by atoms with Crippen LogP contribution in [-0.2, 0) is 9.53 Å². The molecule has 1 aliphatic carbocycles. The van der Waals surface area contributed by atoms with E-state index in [-0.39, 0.29) is 18.4 Å². The van der Waals surface area contributed by atoms with Gasteiger partial charge in [-0.15, -0.1) is 0 Å². The summed E-state index contributed by atoms with van der Waals surface area (Å²) >= 11 is 1.52. The number of hydrogen-bond acceptors (Lipinski definition) is 5. The fourth-order valence-electron chi connectivity index (χ4n) is 4.70. The van der Waals surface area contributed by atoms with Gasteiger partial charge in [-0.2, -0.15) is 11.8 Å². The molecule has 1 heterocycles. The smallest absolute Gasteiger partial charge is 0.411 e. The largest absolute Gasteiger partial charge is 0.480 e. The molecule has 2 aliphatic rings. The first-order valence-electron chi connectivity index (χ1n) is 11.4. The third kappa shape index (κ3) is 4.61. The topological polar surface area (TPSA) is 95.9 Å². The van der Waals surface area contributed by atoms with E-state index >= 15 is 0 Å². The highest BCUT2D eigenvalue weighted by Crippen LogP contribution is 2.44. The molecule has 7 nitrogen and oxygen atoms in total. The fourth-order valence-corrected chi connectivity index (χ4v) is 5.74. The van der Waals surface area contributed by atoms with E-state index in [2.05, 4.69) is 29.6 Å². The highest BCUT2D eigenvalue weighted by molar-refractivity contribution is 7.99. The Labute approximate surface area is 207 Å². The van der Waals surface area contributed by atoms with Crippen molar-refractivity contribution in [1.82, 2.24) is 4.90 Å². The van der Waals surface area contributed by atoms with Gasteiger partial charge in [0.25, 0.3) is 5.91 Å². The number of rotatable bonds is 5. The van der Waals surface area contributed by atoms with Crippen LogP contribution >= 0.6 is 11.8 Å². The van der Waals surface area contributed by atoms with Crippen molar-refractivity contribution in [3.05, 3.63) is 89.5 Å². The van der Waals surface area contributed by atoms with Crippen LogP contribution in [0.1, 0.15) is 27.4 Å². The molecule has 1 saturated heterocycles. The van der Waals surface area contributed by atoms with Gasteiger partial charge < -0.3 is 14.7 Å². The minimum absolute atomic E-state index is 0.0500. The summed E-state index contributed by atoms with van der Waals surface area (Å²) in [7, 11) is 0. The molecule has 2 N–H and O–H groups in total. The Bertz CT molecular complexity index is 1250. The molecule has 1 unspecified atom stereocenters. The summed E-state index contributed by atoms with van der Waals surface area (Å²) in [5.74, 6) is -0.384. The summed E-state index contributed by atoms with van der Waals surface area (Å²) < 4.78 is 5.58. The number of anilines is 1. The second-order valence-electron chi connectivity index (χ2n) is 8.46. The summed E-state index contributed by atoms with van der Waals surface area (Å²) in [6.07, 6.45) is -0.616. The van der Waals surface area contributed by atoms with Crippen molar-refractivity contribution in [2.45, 2.75) is 12.0 Å². The van der Waals surface area contributed by atoms with E-state index in [1.165, 1.54) is 16.7 Å². The van der Waals surface area contributed by atoms with Crippen LogP contribution in [0.15, 0.2) is 72.8 Å². The molecule has 0 bridgehead atoms. The molecule has 0 radical (unpaired) electrons. The average Bonchev–Trinajstić information content (AvgIpc) is 3.21. The molecule has 3 aromatic carbocycles. The van der Waals surface area contributed by atoms with Gasteiger partial charge in [0.15, 0.2) is 0 Å². The van der Waals surface area contributed by atoms with E-state index in [4.69, 9.17) is 4.74 Å². The van der Waals surface area contributed by atoms with Crippen LogP contribution in [0, 0.1) is 0 Å². The van der Waals surface area contributed by atoms with Crippen molar-refractivity contribution < 1.29 is 24.2 Å². The maximum absolute atomic E-state index is 13.0. The van der Waals surface area contributed by atoms with Gasteiger partial charge in [-0.3, -0.25) is 10.1 Å². The highest BCUT2D eigenvalue weighted by Gasteiger charge is 2.33. The molecule has 0 saturated carbocycles. The first kappa shape index (κ1) is 23.0. The lowest BCUT2D eigenvalue weighted by Gasteiger charge is -2.32. The van der Waals surface area contributed by atoms with Crippen LogP contribution in [-0.4, -0.2) is 58.7 Å². The number of fused-ring (bicyclic) bond motifs is 3. The molecular weight excluding hydrogens is 464 g/mol. The second-order valence-corrected chi connectivity index (χ2v) is 9.61. The Morgan fingerprint density at radius 1 is 0.971 bits per heavy atom. The zero-order valence-corrected chi connectivity index (χ0v) is 19.7. The van der Waals surface area contributed by atoms with Crippen molar-refractivity contribution in [2.24, 2.45) is 0 Å². The van der Waals surface area contributed by atoms with Gasteiger partial charge in [0.05, 0.1) is 0 Å². The molecule has 0 spiro atoms. The Balaban J connectivity index is 1.26. The van der Waals surface area contributed by atoms with Crippen molar-refractivity contribution in [3.8, 4) is 11.1 Å². The van der Waals surface area contributed by atoms with E-state index in [0.717, 1.165) is 22.3 Å². The molecule has 3 aromatic rings. The zero-order valence-electron chi connectivity index (χ0n) is 18.8. The first-order chi connectivity index (χ1) is 17.0. The minimum Gasteiger partial charge on any atom is -0.480 e. The van der Waals surface area contributed by atoms with Crippen LogP contribution in [0.2, 0.25) is 0 Å². The average molecular weight is 489 g/mol. The molecule has 178 valence electrons. The molecule has 5 rings (SSSR count). The number of amides is 2. The quantitative estimate of drug-likeness (QED) is 0.541. The standard InChI is InChI=1S/C27H24N2O5S/c30-25(29-12-13-35-16-24(29)26(31)32)17-6-5-7-18(14-17)28-27(33)34-15-23-21-10-3-1-8-19(21)20-9-2-4-11-22(20)23/h1-11,14,23-24H,12-13,15-16H2,(H,28,33)(H,31,32). The first-order valence-corrected chi connectivity index (χ1v) is 12.5. The third-order valence-electron chi connectivity index (χ3n) is 6.37. The van der Waals surface area contributed by atoms with Crippen LogP contribution < -0.4 is 5.32 Å². The maximum atomic E-state index is 13.0. The van der Waals surface area contributed by atoms with Crippen molar-refractivity contribution in [1.29, 1.82) is 0 Å². The number of aliphatic carboxylic acids is 1. The number of carbonyl (C=O) groups is 3. The second kappa shape index (κ2) is 9.84. The van der Waals surface area contributed by atoms with Gasteiger partial charge in [0.2, 0.25) is 0 Å². The molecule has 8 heteroatoms. The van der Waals surface area contributed by atoms with Crippen LogP contribution in [0.5, 0.6) is 0 Å². The number of carboxylic acid groups (broad SMARTS) is 1. The van der Waals surface area contributed by atoms with Gasteiger partial charge in [0.1, 0.15) is 12.6 Å². The molecule has 0 aromatic heterocycles. The lowest BCUT2D eigenvalue weighted by atomic mass is 9.98. The molecule has 35 heavy (non-hydrogen) atoms. The van der Waals surface area contributed by atoms with Crippen LogP contribution in [0.25, 0.3) is 11.1 Å². The number of hydrogen-bond donors (Lipinski definition) is 2. The predicted octanol–water partition coefficient (Wildman–Crippen LogP) is 4.69. The minimum atomic E-state index is -1.02. The summed E-state index contributed by atoms with van der Waals surface area (Å²) in [6, 6.07) is 21.9. The third-order valence-corrected chi connectivity index (χ3v) is 7.40. The van der Waals surface area contributed by atoms with E-state index in [1.54, 1.807) is 24.3 Å². The Morgan fingerprint density at radius 3 is 2.34 bits per heavy atom. The zero-order chi connectivity index (χ0) is 24.4. The number of carbonyl (C=O) groups excluding carboxylic acids is 2. The highest BCUT2D eigenvalue weighted by atomic mass is 32.2. The molecule has 1 fully saturated rings. The SMILES string of the molecule is O=C(Nc1cccc(C(=O)N2CCSCC2C(=O)O)c1)OCC1c2ccccc2-c2ccccc21. The van der Waals surface area contributed by atoms with Gasteiger partial charge in [-0.1, -0.05) is 54.6 Å². The van der Waals surface area contributed by atoms with Gasteiger partial charge in [-0.25, -0.2) is 9.59 Å².